The molecule has 0 saturated carbocycles. The maximum absolute atomic E-state index is 11.8. The van der Waals surface area contributed by atoms with E-state index in [4.69, 9.17) is 10.2 Å². The SMILES string of the molecule is Nc1c(Nc2ccccc2C(=O)[O-])c2ccccc2oc1=O. The number of nitrogens with one attached hydrogen (secondary N) is 1. The van der Waals surface area contributed by atoms with E-state index in [0.717, 1.165) is 0 Å². The van der Waals surface area contributed by atoms with Gasteiger partial charge in [0.05, 0.1) is 11.7 Å². The van der Waals surface area contributed by atoms with Crippen molar-refractivity contribution in [3.05, 3.63) is 64.5 Å². The van der Waals surface area contributed by atoms with E-state index in [1.807, 2.05) is 0 Å². The number of hydrogen-bond acceptors (Lipinski definition) is 6. The van der Waals surface area contributed by atoms with Gasteiger partial charge in [0.1, 0.15) is 11.3 Å². The zero-order chi connectivity index (χ0) is 15.7. The third-order valence-electron chi connectivity index (χ3n) is 3.25. The first kappa shape index (κ1) is 13.7. The van der Waals surface area contributed by atoms with Crippen LogP contribution in [0.1, 0.15) is 10.4 Å². The molecule has 0 atom stereocenters. The molecule has 2 aromatic carbocycles. The first-order chi connectivity index (χ1) is 10.6. The fourth-order valence-corrected chi connectivity index (χ4v) is 2.20. The topological polar surface area (TPSA) is 108 Å². The molecule has 6 heteroatoms. The van der Waals surface area contributed by atoms with E-state index in [2.05, 4.69) is 5.32 Å². The Morgan fingerprint density at radius 2 is 1.77 bits per heavy atom. The summed E-state index contributed by atoms with van der Waals surface area (Å²) in [4.78, 5) is 23.0. The number of fused-ring (bicyclic) bond motifs is 1. The van der Waals surface area contributed by atoms with Gasteiger partial charge in [-0.2, -0.15) is 0 Å². The van der Waals surface area contributed by atoms with Gasteiger partial charge in [0.25, 0.3) is 0 Å². The second-order valence-corrected chi connectivity index (χ2v) is 4.63. The largest absolute Gasteiger partial charge is 0.545 e. The second kappa shape index (κ2) is 5.25. The van der Waals surface area contributed by atoms with Crippen molar-refractivity contribution in [1.29, 1.82) is 0 Å². The lowest BCUT2D eigenvalue weighted by molar-refractivity contribution is -0.254. The number of rotatable bonds is 3. The minimum absolute atomic E-state index is 0.0285. The number of nitrogen functional groups attached to an aromatic ring is 1. The molecule has 0 saturated heterocycles. The molecule has 0 aliphatic rings. The van der Waals surface area contributed by atoms with Crippen LogP contribution in [0.2, 0.25) is 0 Å². The summed E-state index contributed by atoms with van der Waals surface area (Å²) in [6.07, 6.45) is 0. The molecule has 1 heterocycles. The Bertz CT molecular complexity index is 931. The molecule has 1 aromatic heterocycles. The van der Waals surface area contributed by atoms with E-state index < -0.39 is 11.6 Å². The van der Waals surface area contributed by atoms with Crippen LogP contribution in [0.4, 0.5) is 17.1 Å². The molecule has 3 N–H and O–H groups in total. The van der Waals surface area contributed by atoms with Crippen LogP contribution < -0.4 is 21.8 Å². The van der Waals surface area contributed by atoms with Gasteiger partial charge < -0.3 is 25.4 Å². The fourth-order valence-electron chi connectivity index (χ4n) is 2.20. The van der Waals surface area contributed by atoms with Crippen LogP contribution >= 0.6 is 0 Å². The maximum atomic E-state index is 11.8. The quantitative estimate of drug-likeness (QED) is 0.708. The Labute approximate surface area is 124 Å². The van der Waals surface area contributed by atoms with Crippen LogP contribution in [-0.2, 0) is 0 Å². The Kier molecular flexibility index (Phi) is 3.27. The van der Waals surface area contributed by atoms with Gasteiger partial charge in [-0.25, -0.2) is 4.79 Å². The highest BCUT2D eigenvalue weighted by Gasteiger charge is 2.13. The monoisotopic (exact) mass is 295 g/mol. The molecule has 3 aromatic rings. The number of carbonyl (C=O) groups excluding carboxylic acids is 1. The number of para-hydroxylation sites is 2. The molecular formula is C16H11N2O4-. The number of hydrogen-bond donors (Lipinski definition) is 2. The van der Waals surface area contributed by atoms with E-state index >= 15 is 0 Å². The predicted molar refractivity (Wildman–Crippen MR) is 81.0 cm³/mol. The molecule has 22 heavy (non-hydrogen) atoms. The van der Waals surface area contributed by atoms with Crippen molar-refractivity contribution in [3.8, 4) is 0 Å². The van der Waals surface area contributed by atoms with Gasteiger partial charge in [-0.15, -0.1) is 0 Å². The van der Waals surface area contributed by atoms with Crippen molar-refractivity contribution in [2.45, 2.75) is 0 Å². The van der Waals surface area contributed by atoms with E-state index in [1.54, 1.807) is 42.5 Å². The number of benzene rings is 2. The van der Waals surface area contributed by atoms with Crippen molar-refractivity contribution >= 4 is 34.0 Å². The highest BCUT2D eigenvalue weighted by Crippen LogP contribution is 2.30. The third-order valence-corrected chi connectivity index (χ3v) is 3.25. The first-order valence-corrected chi connectivity index (χ1v) is 6.46. The molecule has 0 amide bonds. The number of carbonyl (C=O) groups is 1. The molecular weight excluding hydrogens is 284 g/mol. The maximum Gasteiger partial charge on any atom is 0.361 e. The third kappa shape index (κ3) is 2.26. The van der Waals surface area contributed by atoms with E-state index in [0.29, 0.717) is 16.7 Å². The number of carboxylic acids is 1. The molecule has 0 aliphatic carbocycles. The summed E-state index contributed by atoms with van der Waals surface area (Å²) in [6, 6.07) is 13.0. The molecule has 110 valence electrons. The number of anilines is 3. The van der Waals surface area contributed by atoms with E-state index in [-0.39, 0.29) is 16.9 Å². The van der Waals surface area contributed by atoms with Crippen molar-refractivity contribution in [2.75, 3.05) is 11.1 Å². The van der Waals surface area contributed by atoms with Crippen LogP contribution in [0.3, 0.4) is 0 Å². The molecule has 0 radical (unpaired) electrons. The predicted octanol–water partition coefficient (Wildman–Crippen LogP) is 1.48. The smallest absolute Gasteiger partial charge is 0.361 e. The highest BCUT2D eigenvalue weighted by atomic mass is 16.4. The van der Waals surface area contributed by atoms with Gasteiger partial charge in [0.2, 0.25) is 0 Å². The Morgan fingerprint density at radius 1 is 1.09 bits per heavy atom. The van der Waals surface area contributed by atoms with Crippen LogP contribution in [0.15, 0.2) is 57.7 Å². The fraction of sp³-hybridized carbons (Fsp3) is 0. The first-order valence-electron chi connectivity index (χ1n) is 6.46. The molecule has 0 unspecified atom stereocenters. The van der Waals surface area contributed by atoms with Crippen LogP contribution in [0, 0.1) is 0 Å². The number of aromatic carboxylic acids is 1. The molecule has 0 bridgehead atoms. The van der Waals surface area contributed by atoms with E-state index in [9.17, 15) is 14.7 Å². The Hall–Kier alpha value is -3.28. The van der Waals surface area contributed by atoms with Gasteiger partial charge in [0, 0.05) is 16.6 Å². The van der Waals surface area contributed by atoms with Crippen molar-refractivity contribution in [3.63, 3.8) is 0 Å². The lowest BCUT2D eigenvalue weighted by Gasteiger charge is -2.15. The van der Waals surface area contributed by atoms with Crippen molar-refractivity contribution in [2.24, 2.45) is 0 Å². The van der Waals surface area contributed by atoms with Gasteiger partial charge in [-0.1, -0.05) is 30.3 Å². The summed E-state index contributed by atoms with van der Waals surface area (Å²) in [5, 5.41) is 14.6. The minimum atomic E-state index is -1.33. The van der Waals surface area contributed by atoms with Crippen LogP contribution in [0.25, 0.3) is 11.0 Å². The summed E-state index contributed by atoms with van der Waals surface area (Å²) in [6.45, 7) is 0. The summed E-state index contributed by atoms with van der Waals surface area (Å²) in [7, 11) is 0. The van der Waals surface area contributed by atoms with Gasteiger partial charge in [-0.05, 0) is 18.2 Å². The van der Waals surface area contributed by atoms with Crippen LogP contribution in [-0.4, -0.2) is 5.97 Å². The summed E-state index contributed by atoms with van der Waals surface area (Å²) >= 11 is 0. The van der Waals surface area contributed by atoms with Gasteiger partial charge >= 0.3 is 5.63 Å². The lowest BCUT2D eigenvalue weighted by atomic mass is 10.1. The molecule has 0 spiro atoms. The molecule has 0 fully saturated rings. The Balaban J connectivity index is 2.22. The summed E-state index contributed by atoms with van der Waals surface area (Å²) in [5.41, 5.74) is 5.90. The normalized spacial score (nSPS) is 10.5. The summed E-state index contributed by atoms with van der Waals surface area (Å²) in [5.74, 6) is -1.33. The van der Waals surface area contributed by atoms with E-state index in [1.165, 1.54) is 6.07 Å². The Morgan fingerprint density at radius 3 is 2.55 bits per heavy atom. The minimum Gasteiger partial charge on any atom is -0.545 e. The second-order valence-electron chi connectivity index (χ2n) is 4.63. The van der Waals surface area contributed by atoms with Crippen LogP contribution in [0.5, 0.6) is 0 Å². The van der Waals surface area contributed by atoms with Gasteiger partial charge in [0.15, 0.2) is 0 Å². The number of carboxylic acid groups (broad SMARTS) is 1. The molecule has 3 rings (SSSR count). The lowest BCUT2D eigenvalue weighted by Crippen LogP contribution is -2.23. The highest BCUT2D eigenvalue weighted by molar-refractivity contribution is 6.00. The number of nitrogens with two attached hydrogens (primary N) is 1. The average molecular weight is 295 g/mol. The zero-order valence-electron chi connectivity index (χ0n) is 11.3. The average Bonchev–Trinajstić information content (AvgIpc) is 2.52. The van der Waals surface area contributed by atoms with Crippen molar-refractivity contribution < 1.29 is 14.3 Å². The zero-order valence-corrected chi connectivity index (χ0v) is 11.3. The molecule has 0 aliphatic heterocycles. The van der Waals surface area contributed by atoms with Crippen molar-refractivity contribution in [1.82, 2.24) is 0 Å². The summed E-state index contributed by atoms with van der Waals surface area (Å²) < 4.78 is 5.10. The molecule has 6 nitrogen and oxygen atoms in total. The standard InChI is InChI=1S/C16H12N2O4/c17-13-14(10-6-2-4-8-12(10)22-16(13)21)18-11-7-3-1-5-9(11)15(19)20/h1-8,18H,17H2,(H,19,20)/p-1. The van der Waals surface area contributed by atoms with Gasteiger partial charge in [-0.3, -0.25) is 0 Å².